The fourth-order valence-corrected chi connectivity index (χ4v) is 3.28. The Hall–Kier alpha value is -2.72. The molecule has 0 aliphatic carbocycles. The number of hydrogen-bond donors (Lipinski definition) is 0. The van der Waals surface area contributed by atoms with Gasteiger partial charge in [0.2, 0.25) is 0 Å². The Morgan fingerprint density at radius 1 is 0.846 bits per heavy atom. The second kappa shape index (κ2) is 8.11. The molecular weight excluding hydrogens is 324 g/mol. The highest BCUT2D eigenvalue weighted by molar-refractivity contribution is 5.51. The van der Waals surface area contributed by atoms with Crippen molar-refractivity contribution in [2.75, 3.05) is 31.2 Å². The van der Waals surface area contributed by atoms with E-state index < -0.39 is 0 Å². The van der Waals surface area contributed by atoms with Gasteiger partial charge >= 0.3 is 0 Å². The van der Waals surface area contributed by atoms with Crippen molar-refractivity contribution < 1.29 is 9.47 Å². The maximum absolute atomic E-state index is 6.12. The number of benzene rings is 2. The molecule has 4 nitrogen and oxygen atoms in total. The van der Waals surface area contributed by atoms with Gasteiger partial charge in [-0.2, -0.15) is 0 Å². The van der Waals surface area contributed by atoms with Gasteiger partial charge in [-0.1, -0.05) is 30.3 Å². The Morgan fingerprint density at radius 3 is 2.42 bits per heavy atom. The van der Waals surface area contributed by atoms with E-state index >= 15 is 0 Å². The van der Waals surface area contributed by atoms with E-state index in [4.69, 9.17) is 9.47 Å². The van der Waals surface area contributed by atoms with Crippen LogP contribution in [-0.2, 0) is 17.9 Å². The van der Waals surface area contributed by atoms with Gasteiger partial charge in [-0.15, -0.1) is 0 Å². The molecule has 2 aromatic carbocycles. The van der Waals surface area contributed by atoms with Crippen molar-refractivity contribution >= 4 is 5.69 Å². The second-order valence-corrected chi connectivity index (χ2v) is 6.51. The monoisotopic (exact) mass is 348 g/mol. The van der Waals surface area contributed by atoms with E-state index in [1.807, 2.05) is 6.07 Å². The van der Waals surface area contributed by atoms with Crippen molar-refractivity contribution in [2.45, 2.75) is 13.2 Å². The van der Waals surface area contributed by atoms with Crippen LogP contribution < -0.4 is 9.64 Å². The molecule has 4 rings (SSSR count). The van der Waals surface area contributed by atoms with E-state index in [0.717, 1.165) is 38.6 Å². The molecule has 0 spiro atoms. The fraction of sp³-hybridized carbons (Fsp3) is 0.273. The van der Waals surface area contributed by atoms with E-state index in [1.165, 1.54) is 16.8 Å². The lowest BCUT2D eigenvalue weighted by atomic mass is 10.1. The molecule has 26 heavy (non-hydrogen) atoms. The van der Waals surface area contributed by atoms with E-state index in [9.17, 15) is 0 Å². The molecule has 1 aliphatic heterocycles. The maximum Gasteiger partial charge on any atom is 0.121 e. The highest BCUT2D eigenvalue weighted by Gasteiger charge is 2.12. The third-order valence-corrected chi connectivity index (χ3v) is 4.73. The number of hydrogen-bond acceptors (Lipinski definition) is 3. The van der Waals surface area contributed by atoms with Gasteiger partial charge in [0, 0.05) is 43.8 Å². The minimum atomic E-state index is 0.573. The first-order valence-electron chi connectivity index (χ1n) is 9.11. The summed E-state index contributed by atoms with van der Waals surface area (Å²) < 4.78 is 13.7. The SMILES string of the molecule is c1cc(OCc2ccccc2Cn2cccc2)cc(N2CCOCC2)c1. The lowest BCUT2D eigenvalue weighted by molar-refractivity contribution is 0.122. The highest BCUT2D eigenvalue weighted by Crippen LogP contribution is 2.23. The van der Waals surface area contributed by atoms with Crippen LogP contribution in [0, 0.1) is 0 Å². The molecule has 1 aromatic heterocycles. The molecule has 0 atom stereocenters. The summed E-state index contributed by atoms with van der Waals surface area (Å²) in [6.45, 7) is 4.88. The summed E-state index contributed by atoms with van der Waals surface area (Å²) in [5, 5.41) is 0. The molecule has 4 heteroatoms. The van der Waals surface area contributed by atoms with Crippen molar-refractivity contribution in [3.8, 4) is 5.75 Å². The fourth-order valence-electron chi connectivity index (χ4n) is 3.28. The number of rotatable bonds is 6. The summed E-state index contributed by atoms with van der Waals surface area (Å²) in [4.78, 5) is 2.34. The van der Waals surface area contributed by atoms with Gasteiger partial charge < -0.3 is 18.9 Å². The molecule has 0 amide bonds. The van der Waals surface area contributed by atoms with Gasteiger partial charge in [-0.25, -0.2) is 0 Å². The third kappa shape index (κ3) is 4.09. The largest absolute Gasteiger partial charge is 0.489 e. The predicted molar refractivity (Wildman–Crippen MR) is 104 cm³/mol. The summed E-state index contributed by atoms with van der Waals surface area (Å²) in [7, 11) is 0. The number of morpholine rings is 1. The molecule has 2 heterocycles. The van der Waals surface area contributed by atoms with Crippen molar-refractivity contribution in [1.82, 2.24) is 4.57 Å². The van der Waals surface area contributed by atoms with Crippen LogP contribution in [0.1, 0.15) is 11.1 Å². The quantitative estimate of drug-likeness (QED) is 0.675. The van der Waals surface area contributed by atoms with Crippen LogP contribution >= 0.6 is 0 Å². The molecule has 0 bridgehead atoms. The Morgan fingerprint density at radius 2 is 1.62 bits per heavy atom. The Balaban J connectivity index is 1.44. The normalized spacial score (nSPS) is 14.4. The van der Waals surface area contributed by atoms with Crippen LogP contribution in [0.5, 0.6) is 5.75 Å². The van der Waals surface area contributed by atoms with Gasteiger partial charge in [0.25, 0.3) is 0 Å². The van der Waals surface area contributed by atoms with Gasteiger partial charge in [0.15, 0.2) is 0 Å². The molecule has 1 aliphatic rings. The minimum absolute atomic E-state index is 0.573. The Bertz CT molecular complexity index is 824. The zero-order chi connectivity index (χ0) is 17.6. The number of anilines is 1. The predicted octanol–water partition coefficient (Wildman–Crippen LogP) is 3.95. The van der Waals surface area contributed by atoms with Crippen LogP contribution in [0.15, 0.2) is 73.1 Å². The molecule has 1 fully saturated rings. The van der Waals surface area contributed by atoms with Crippen LogP contribution in [0.2, 0.25) is 0 Å². The molecule has 134 valence electrons. The lowest BCUT2D eigenvalue weighted by Crippen LogP contribution is -2.36. The van der Waals surface area contributed by atoms with Gasteiger partial charge in [-0.05, 0) is 35.4 Å². The summed E-state index contributed by atoms with van der Waals surface area (Å²) in [6.07, 6.45) is 4.17. The van der Waals surface area contributed by atoms with Crippen molar-refractivity contribution in [1.29, 1.82) is 0 Å². The maximum atomic E-state index is 6.12. The lowest BCUT2D eigenvalue weighted by Gasteiger charge is -2.29. The third-order valence-electron chi connectivity index (χ3n) is 4.73. The number of aromatic nitrogens is 1. The van der Waals surface area contributed by atoms with E-state index in [2.05, 4.69) is 76.5 Å². The van der Waals surface area contributed by atoms with E-state index in [0.29, 0.717) is 6.61 Å². The van der Waals surface area contributed by atoms with Crippen LogP contribution in [0.3, 0.4) is 0 Å². The Kier molecular flexibility index (Phi) is 5.22. The molecular formula is C22H24N2O2. The molecule has 0 saturated carbocycles. The zero-order valence-electron chi connectivity index (χ0n) is 14.9. The second-order valence-electron chi connectivity index (χ2n) is 6.51. The molecule has 1 saturated heterocycles. The minimum Gasteiger partial charge on any atom is -0.489 e. The van der Waals surface area contributed by atoms with Crippen molar-refractivity contribution in [3.05, 3.63) is 84.2 Å². The zero-order valence-corrected chi connectivity index (χ0v) is 14.9. The van der Waals surface area contributed by atoms with Crippen LogP contribution in [0.25, 0.3) is 0 Å². The average molecular weight is 348 g/mol. The number of nitrogens with zero attached hydrogens (tertiary/aromatic N) is 2. The standard InChI is InChI=1S/C22H24N2O2/c1-2-7-20(19(6-1)17-23-10-3-4-11-23)18-26-22-9-5-8-21(16-22)24-12-14-25-15-13-24/h1-11,16H,12-15,17-18H2. The van der Waals surface area contributed by atoms with Crippen LogP contribution in [-0.4, -0.2) is 30.9 Å². The topological polar surface area (TPSA) is 26.6 Å². The van der Waals surface area contributed by atoms with Crippen molar-refractivity contribution in [3.63, 3.8) is 0 Å². The first-order chi connectivity index (χ1) is 12.9. The smallest absolute Gasteiger partial charge is 0.121 e. The van der Waals surface area contributed by atoms with Crippen molar-refractivity contribution in [2.24, 2.45) is 0 Å². The van der Waals surface area contributed by atoms with Gasteiger partial charge in [-0.3, -0.25) is 0 Å². The summed E-state index contributed by atoms with van der Waals surface area (Å²) in [5.74, 6) is 0.907. The highest BCUT2D eigenvalue weighted by atomic mass is 16.5. The summed E-state index contributed by atoms with van der Waals surface area (Å²) in [5.41, 5.74) is 3.71. The molecule has 3 aromatic rings. The summed E-state index contributed by atoms with van der Waals surface area (Å²) in [6, 6.07) is 20.9. The van der Waals surface area contributed by atoms with Gasteiger partial charge in [0.05, 0.1) is 13.2 Å². The average Bonchev–Trinajstić information content (AvgIpc) is 3.21. The van der Waals surface area contributed by atoms with E-state index in [-0.39, 0.29) is 0 Å². The first-order valence-corrected chi connectivity index (χ1v) is 9.11. The van der Waals surface area contributed by atoms with Gasteiger partial charge in [0.1, 0.15) is 12.4 Å². The Labute approximate surface area is 154 Å². The molecule has 0 unspecified atom stereocenters. The molecule has 0 N–H and O–H groups in total. The van der Waals surface area contributed by atoms with Crippen LogP contribution in [0.4, 0.5) is 5.69 Å². The summed E-state index contributed by atoms with van der Waals surface area (Å²) >= 11 is 0. The number of ether oxygens (including phenoxy) is 2. The van der Waals surface area contributed by atoms with E-state index in [1.54, 1.807) is 0 Å². The molecule has 0 radical (unpaired) electrons. The first kappa shape index (κ1) is 16.7.